The number of rotatable bonds is 5. The van der Waals surface area contributed by atoms with Gasteiger partial charge in [-0.15, -0.1) is 11.8 Å². The summed E-state index contributed by atoms with van der Waals surface area (Å²) in [4.78, 5) is 16.2. The minimum atomic E-state index is -4.64. The van der Waals surface area contributed by atoms with Crippen LogP contribution in [0.3, 0.4) is 0 Å². The van der Waals surface area contributed by atoms with Gasteiger partial charge in [0.05, 0.1) is 38.9 Å². The highest BCUT2D eigenvalue weighted by Gasteiger charge is 2.46. The molecule has 3 aromatic carbocycles. The standard InChI is InChI=1S/C34H29Cl3F3N3OS/c1-17-9-19(16-45-29-12-21(35)6-8-25(29)37)18(2)22(10-17)30-23(15-41)32(42)43(27-13-33(3,4)14-28(44)31(27)30)26-11-20(34(38,39)40)5-7-24(26)36/h5-12,30H,13-14,16,42H2,1-4H3. The number of ketones is 1. The van der Waals surface area contributed by atoms with Crippen molar-refractivity contribution in [2.75, 3.05) is 4.90 Å². The van der Waals surface area contributed by atoms with E-state index in [1.165, 1.54) is 16.7 Å². The largest absolute Gasteiger partial charge is 0.416 e. The van der Waals surface area contributed by atoms with Crippen molar-refractivity contribution in [2.24, 2.45) is 11.1 Å². The molecule has 0 spiro atoms. The highest BCUT2D eigenvalue weighted by molar-refractivity contribution is 7.98. The van der Waals surface area contributed by atoms with Crippen LogP contribution in [0.1, 0.15) is 60.4 Å². The maximum atomic E-state index is 14.0. The first-order valence-electron chi connectivity index (χ1n) is 14.0. The van der Waals surface area contributed by atoms with E-state index in [2.05, 4.69) is 6.07 Å². The van der Waals surface area contributed by atoms with Gasteiger partial charge >= 0.3 is 6.18 Å². The number of hydrogen-bond donors (Lipinski definition) is 1. The number of Topliss-reactive ketones (excluding diaryl/α,β-unsaturated/α-hetero) is 1. The third-order valence-corrected chi connectivity index (χ3v) is 10.3. The van der Waals surface area contributed by atoms with Crippen LogP contribution in [-0.4, -0.2) is 5.78 Å². The first-order valence-corrected chi connectivity index (χ1v) is 16.1. The second-order valence-electron chi connectivity index (χ2n) is 12.1. The number of aryl methyl sites for hydroxylation is 1. The molecular weight excluding hydrogens is 662 g/mol. The summed E-state index contributed by atoms with van der Waals surface area (Å²) in [5, 5.41) is 11.7. The molecule has 234 valence electrons. The lowest BCUT2D eigenvalue weighted by Crippen LogP contribution is -2.42. The smallest absolute Gasteiger partial charge is 0.384 e. The lowest BCUT2D eigenvalue weighted by molar-refractivity contribution is -0.137. The number of benzene rings is 3. The van der Waals surface area contributed by atoms with Gasteiger partial charge in [-0.25, -0.2) is 0 Å². The van der Waals surface area contributed by atoms with Crippen LogP contribution in [0.15, 0.2) is 76.1 Å². The molecule has 0 amide bonds. The molecule has 1 unspecified atom stereocenters. The topological polar surface area (TPSA) is 70.1 Å². The van der Waals surface area contributed by atoms with E-state index in [-0.39, 0.29) is 34.3 Å². The Balaban J connectivity index is 1.71. The summed E-state index contributed by atoms with van der Waals surface area (Å²) in [5.41, 5.74) is 9.59. The maximum Gasteiger partial charge on any atom is 0.416 e. The van der Waals surface area contributed by atoms with Crippen molar-refractivity contribution in [3.05, 3.63) is 114 Å². The summed E-state index contributed by atoms with van der Waals surface area (Å²) in [5.74, 6) is -0.529. The molecular formula is C34H29Cl3F3N3OS. The number of thioether (sulfide) groups is 1. The maximum absolute atomic E-state index is 14.0. The molecule has 1 aliphatic carbocycles. The monoisotopic (exact) mass is 689 g/mol. The number of hydrogen-bond acceptors (Lipinski definition) is 5. The van der Waals surface area contributed by atoms with E-state index in [0.717, 1.165) is 45.3 Å². The van der Waals surface area contributed by atoms with Crippen LogP contribution in [0, 0.1) is 30.6 Å². The van der Waals surface area contributed by atoms with Gasteiger partial charge in [0, 0.05) is 33.4 Å². The van der Waals surface area contributed by atoms with Crippen LogP contribution in [0.5, 0.6) is 0 Å². The van der Waals surface area contributed by atoms with E-state index in [4.69, 9.17) is 40.5 Å². The number of nitrogens with two attached hydrogens (primary N) is 1. The van der Waals surface area contributed by atoms with E-state index in [1.54, 1.807) is 18.2 Å². The molecule has 1 atom stereocenters. The lowest BCUT2D eigenvalue weighted by atomic mass is 9.68. The SMILES string of the molecule is Cc1cc(CSc2cc(Cl)ccc2Cl)c(C)c(C2C(C#N)=C(N)N(c3cc(C(F)(F)F)ccc3Cl)C3=C2C(=O)CC(C)(C)C3)c1. The molecule has 45 heavy (non-hydrogen) atoms. The van der Waals surface area contributed by atoms with Crippen LogP contribution in [-0.2, 0) is 16.7 Å². The summed E-state index contributed by atoms with van der Waals surface area (Å²) in [6.07, 6.45) is -4.11. The Labute approximate surface area is 279 Å². The molecule has 0 saturated heterocycles. The fourth-order valence-electron chi connectivity index (χ4n) is 6.11. The molecule has 5 rings (SSSR count). The van der Waals surface area contributed by atoms with Gasteiger partial charge in [0.15, 0.2) is 5.78 Å². The molecule has 11 heteroatoms. The fraction of sp³-hybridized carbons (Fsp3) is 0.294. The number of alkyl halides is 3. The average Bonchev–Trinajstić information content (AvgIpc) is 2.94. The van der Waals surface area contributed by atoms with Crippen molar-refractivity contribution in [3.8, 4) is 6.07 Å². The summed E-state index contributed by atoms with van der Waals surface area (Å²) < 4.78 is 41.4. The molecule has 0 saturated carbocycles. The van der Waals surface area contributed by atoms with Gasteiger partial charge in [-0.05, 0) is 78.8 Å². The Bertz CT molecular complexity index is 1840. The Morgan fingerprint density at radius 1 is 1.04 bits per heavy atom. The first-order chi connectivity index (χ1) is 21.0. The van der Waals surface area contributed by atoms with Crippen molar-refractivity contribution in [2.45, 2.75) is 63.3 Å². The minimum Gasteiger partial charge on any atom is -0.384 e. The third kappa shape index (κ3) is 6.46. The highest BCUT2D eigenvalue weighted by Crippen LogP contribution is 2.52. The minimum absolute atomic E-state index is 0.00934. The van der Waals surface area contributed by atoms with Gasteiger partial charge in [-0.3, -0.25) is 9.69 Å². The Morgan fingerprint density at radius 3 is 2.40 bits per heavy atom. The van der Waals surface area contributed by atoms with Crippen LogP contribution < -0.4 is 10.6 Å². The molecule has 1 aliphatic heterocycles. The van der Waals surface area contributed by atoms with E-state index < -0.39 is 23.1 Å². The van der Waals surface area contributed by atoms with Crippen molar-refractivity contribution in [1.29, 1.82) is 5.26 Å². The molecule has 3 aromatic rings. The predicted molar refractivity (Wildman–Crippen MR) is 175 cm³/mol. The zero-order valence-corrected chi connectivity index (χ0v) is 28.0. The van der Waals surface area contributed by atoms with Gasteiger partial charge in [-0.1, -0.05) is 66.3 Å². The summed E-state index contributed by atoms with van der Waals surface area (Å²) in [6, 6.07) is 14.4. The molecule has 4 nitrogen and oxygen atoms in total. The zero-order chi connectivity index (χ0) is 33.0. The summed E-state index contributed by atoms with van der Waals surface area (Å²) in [7, 11) is 0. The number of halogens is 6. The molecule has 1 heterocycles. The van der Waals surface area contributed by atoms with Gasteiger partial charge in [0.25, 0.3) is 0 Å². The summed E-state index contributed by atoms with van der Waals surface area (Å²) >= 11 is 20.6. The Morgan fingerprint density at radius 2 is 1.73 bits per heavy atom. The molecule has 0 fully saturated rings. The number of carbonyl (C=O) groups excluding carboxylic acids is 1. The number of carbonyl (C=O) groups is 1. The molecule has 0 bridgehead atoms. The Kier molecular flexibility index (Phi) is 9.07. The van der Waals surface area contributed by atoms with Gasteiger partial charge < -0.3 is 5.73 Å². The second kappa shape index (κ2) is 12.3. The van der Waals surface area contributed by atoms with Crippen molar-refractivity contribution in [1.82, 2.24) is 0 Å². The molecule has 2 aliphatic rings. The van der Waals surface area contributed by atoms with Gasteiger partial charge in [0.2, 0.25) is 0 Å². The molecule has 0 radical (unpaired) electrons. The van der Waals surface area contributed by atoms with Crippen molar-refractivity contribution >= 4 is 58.0 Å². The first kappa shape index (κ1) is 33.3. The molecule has 2 N–H and O–H groups in total. The van der Waals surface area contributed by atoms with Crippen LogP contribution in [0.25, 0.3) is 0 Å². The van der Waals surface area contributed by atoms with Crippen molar-refractivity contribution in [3.63, 3.8) is 0 Å². The van der Waals surface area contributed by atoms with E-state index in [9.17, 15) is 23.2 Å². The normalized spacial score (nSPS) is 18.3. The van der Waals surface area contributed by atoms with E-state index in [1.807, 2.05) is 39.8 Å². The molecule has 0 aromatic heterocycles. The average molecular weight is 691 g/mol. The van der Waals surface area contributed by atoms with Crippen LogP contribution in [0.4, 0.5) is 18.9 Å². The van der Waals surface area contributed by atoms with Crippen LogP contribution in [0.2, 0.25) is 15.1 Å². The predicted octanol–water partition coefficient (Wildman–Crippen LogP) is 10.5. The van der Waals surface area contributed by atoms with Crippen molar-refractivity contribution < 1.29 is 18.0 Å². The second-order valence-corrected chi connectivity index (χ2v) is 14.4. The number of nitrogens with zero attached hydrogens (tertiary/aromatic N) is 2. The quantitative estimate of drug-likeness (QED) is 0.270. The lowest BCUT2D eigenvalue weighted by Gasteiger charge is -2.44. The number of anilines is 1. The third-order valence-electron chi connectivity index (χ3n) is 8.18. The highest BCUT2D eigenvalue weighted by atomic mass is 35.5. The fourth-order valence-corrected chi connectivity index (χ4v) is 7.86. The van der Waals surface area contributed by atoms with Gasteiger partial charge in [-0.2, -0.15) is 18.4 Å². The van der Waals surface area contributed by atoms with Gasteiger partial charge in [0.1, 0.15) is 5.82 Å². The zero-order valence-electron chi connectivity index (χ0n) is 24.9. The van der Waals surface area contributed by atoms with E-state index in [0.29, 0.717) is 33.5 Å². The number of nitriles is 1. The number of allylic oxidation sites excluding steroid dienone is 3. The van der Waals surface area contributed by atoms with Crippen LogP contribution >= 0.6 is 46.6 Å². The Hall–Kier alpha value is -3.09. The summed E-state index contributed by atoms with van der Waals surface area (Å²) in [6.45, 7) is 7.71. The van der Waals surface area contributed by atoms with E-state index >= 15 is 0 Å².